The third kappa shape index (κ3) is 2.12. The first-order valence-electron chi connectivity index (χ1n) is 8.77. The molecule has 2 aliphatic heterocycles. The van der Waals surface area contributed by atoms with Gasteiger partial charge in [-0.25, -0.2) is 9.59 Å². The Bertz CT molecular complexity index is 631. The van der Waals surface area contributed by atoms with E-state index in [1.54, 1.807) is 7.05 Å². The molecule has 2 heterocycles. The Labute approximate surface area is 147 Å². The van der Waals surface area contributed by atoms with Gasteiger partial charge in [0.05, 0.1) is 22.9 Å². The molecular formula is C17H26N4O4. The Kier molecular flexibility index (Phi) is 3.85. The van der Waals surface area contributed by atoms with Crippen LogP contribution in [0.3, 0.4) is 0 Å². The van der Waals surface area contributed by atoms with E-state index in [0.717, 1.165) is 0 Å². The molecule has 3 aliphatic rings. The minimum atomic E-state index is -0.987. The molecule has 0 radical (unpaired) electrons. The van der Waals surface area contributed by atoms with Crippen LogP contribution in [0, 0.1) is 22.7 Å². The van der Waals surface area contributed by atoms with Gasteiger partial charge in [-0.3, -0.25) is 20.2 Å². The predicted molar refractivity (Wildman–Crippen MR) is 89.3 cm³/mol. The zero-order chi connectivity index (χ0) is 18.7. The summed E-state index contributed by atoms with van der Waals surface area (Å²) in [5.74, 6) is -0.468. The lowest BCUT2D eigenvalue weighted by Crippen LogP contribution is -2.92. The molecule has 3 rings (SSSR count). The van der Waals surface area contributed by atoms with Gasteiger partial charge in [-0.15, -0.1) is 0 Å². The lowest BCUT2D eigenvalue weighted by molar-refractivity contribution is -0.204. The number of nitrogens with zero attached hydrogens (tertiary/aromatic N) is 1. The Morgan fingerprint density at radius 2 is 1.40 bits per heavy atom. The van der Waals surface area contributed by atoms with Crippen molar-refractivity contribution in [1.29, 1.82) is 0 Å². The highest BCUT2D eigenvalue weighted by atomic mass is 16.2. The van der Waals surface area contributed by atoms with Crippen molar-refractivity contribution in [2.45, 2.75) is 52.6 Å². The smallest absolute Gasteiger partial charge is 0.324 e. The molecule has 4 atom stereocenters. The van der Waals surface area contributed by atoms with Crippen molar-refractivity contribution in [3.8, 4) is 0 Å². The van der Waals surface area contributed by atoms with Crippen LogP contribution in [0.4, 0.5) is 9.59 Å². The fourth-order valence-corrected chi connectivity index (χ4v) is 5.40. The maximum absolute atomic E-state index is 12.9. The Hall–Kier alpha value is -2.12. The topological polar surface area (TPSA) is 108 Å². The first kappa shape index (κ1) is 17.7. The van der Waals surface area contributed by atoms with Gasteiger partial charge < -0.3 is 10.2 Å². The lowest BCUT2D eigenvalue weighted by atomic mass is 9.39. The minimum absolute atomic E-state index is 0.161. The summed E-state index contributed by atoms with van der Waals surface area (Å²) in [7, 11) is 1.61. The average Bonchev–Trinajstić information content (AvgIpc) is 2.47. The van der Waals surface area contributed by atoms with Gasteiger partial charge >= 0.3 is 12.1 Å². The molecule has 6 amide bonds. The molecule has 4 unspecified atom stereocenters. The van der Waals surface area contributed by atoms with Crippen LogP contribution in [-0.4, -0.2) is 47.9 Å². The lowest BCUT2D eigenvalue weighted by Gasteiger charge is -2.71. The number of carbonyl (C=O) groups is 4. The first-order chi connectivity index (χ1) is 11.6. The molecule has 138 valence electrons. The summed E-state index contributed by atoms with van der Waals surface area (Å²) >= 11 is 0. The summed E-state index contributed by atoms with van der Waals surface area (Å²) in [6, 6.07) is -2.27. The van der Waals surface area contributed by atoms with Gasteiger partial charge in [-0.05, 0) is 24.7 Å². The quantitative estimate of drug-likeness (QED) is 0.698. The van der Waals surface area contributed by atoms with E-state index in [9.17, 15) is 19.2 Å². The monoisotopic (exact) mass is 350 g/mol. The van der Waals surface area contributed by atoms with E-state index in [4.69, 9.17) is 0 Å². The van der Waals surface area contributed by atoms with E-state index in [-0.39, 0.29) is 11.8 Å². The number of fused-ring (bicyclic) bond motifs is 4. The molecule has 3 fully saturated rings. The molecule has 0 bridgehead atoms. The van der Waals surface area contributed by atoms with Crippen LogP contribution in [0.25, 0.3) is 0 Å². The Morgan fingerprint density at radius 1 is 0.920 bits per heavy atom. The van der Waals surface area contributed by atoms with Crippen molar-refractivity contribution in [3.63, 3.8) is 0 Å². The average molecular weight is 350 g/mol. The molecule has 1 saturated carbocycles. The summed E-state index contributed by atoms with van der Waals surface area (Å²) < 4.78 is 0. The van der Waals surface area contributed by atoms with Gasteiger partial charge in [0.25, 0.3) is 0 Å². The number of hydrogen-bond acceptors (Lipinski definition) is 4. The predicted octanol–water partition coefficient (Wildman–Crippen LogP) is 0.823. The first-order valence-corrected chi connectivity index (χ1v) is 8.77. The fourth-order valence-electron chi connectivity index (χ4n) is 5.40. The highest BCUT2D eigenvalue weighted by molar-refractivity contribution is 6.09. The Balaban J connectivity index is 2.18. The van der Waals surface area contributed by atoms with E-state index in [2.05, 4.69) is 16.0 Å². The molecule has 0 spiro atoms. The van der Waals surface area contributed by atoms with Gasteiger partial charge in [0.1, 0.15) is 0 Å². The van der Waals surface area contributed by atoms with Gasteiger partial charge in [0, 0.05) is 7.05 Å². The third-order valence-electron chi connectivity index (χ3n) is 5.77. The number of rotatable bonds is 4. The van der Waals surface area contributed by atoms with Crippen LogP contribution in [0.5, 0.6) is 0 Å². The number of carbonyl (C=O) groups excluding carboxylic acids is 4. The number of urea groups is 2. The van der Waals surface area contributed by atoms with Gasteiger partial charge in [0.15, 0.2) is 0 Å². The molecule has 3 N–H and O–H groups in total. The van der Waals surface area contributed by atoms with E-state index in [0.29, 0.717) is 12.8 Å². The Morgan fingerprint density at radius 3 is 1.88 bits per heavy atom. The van der Waals surface area contributed by atoms with Gasteiger partial charge in [0.2, 0.25) is 11.8 Å². The molecule has 0 aromatic carbocycles. The van der Waals surface area contributed by atoms with Crippen molar-refractivity contribution in [3.05, 3.63) is 0 Å². The summed E-state index contributed by atoms with van der Waals surface area (Å²) in [6.07, 6.45) is 0.971. The molecular weight excluding hydrogens is 324 g/mol. The third-order valence-corrected chi connectivity index (χ3v) is 5.77. The van der Waals surface area contributed by atoms with E-state index in [1.807, 2.05) is 27.7 Å². The van der Waals surface area contributed by atoms with Crippen molar-refractivity contribution >= 4 is 23.9 Å². The standard InChI is InChI=1S/C17H26N4O4/c1-8(2)6-16-10(18-14(24)19-12(16)22)17(7-9(3)4)11(16)21(5)15(25)20-13(17)23/h8-11H,6-7H2,1-5H3,(H,20,23,25)(H2,18,19,22,24). The zero-order valence-corrected chi connectivity index (χ0v) is 15.3. The van der Waals surface area contributed by atoms with Gasteiger partial charge in [-0.1, -0.05) is 27.7 Å². The SMILES string of the molecule is CC(C)CC12C(=O)NC(=O)NC1C1(CC(C)C)C(=O)NC(=O)N(C)C21. The van der Waals surface area contributed by atoms with Crippen LogP contribution in [0.15, 0.2) is 0 Å². The number of amides is 6. The molecule has 2 saturated heterocycles. The second-order valence-corrected chi connectivity index (χ2v) is 8.41. The number of imide groups is 2. The summed E-state index contributed by atoms with van der Waals surface area (Å²) in [5.41, 5.74) is -1.97. The largest absolute Gasteiger partial charge is 0.333 e. The van der Waals surface area contributed by atoms with Crippen LogP contribution >= 0.6 is 0 Å². The van der Waals surface area contributed by atoms with Crippen molar-refractivity contribution in [2.24, 2.45) is 22.7 Å². The molecule has 25 heavy (non-hydrogen) atoms. The maximum atomic E-state index is 12.9. The molecule has 8 heteroatoms. The second kappa shape index (κ2) is 5.44. The summed E-state index contributed by atoms with van der Waals surface area (Å²) in [5, 5.41) is 7.59. The van der Waals surface area contributed by atoms with Crippen LogP contribution in [0.1, 0.15) is 40.5 Å². The number of hydrogen-bond donors (Lipinski definition) is 3. The van der Waals surface area contributed by atoms with Crippen LogP contribution < -0.4 is 16.0 Å². The fraction of sp³-hybridized carbons (Fsp3) is 0.765. The maximum Gasteiger partial charge on any atom is 0.324 e. The van der Waals surface area contributed by atoms with E-state index >= 15 is 0 Å². The normalized spacial score (nSPS) is 37.2. The van der Waals surface area contributed by atoms with Crippen molar-refractivity contribution < 1.29 is 19.2 Å². The van der Waals surface area contributed by atoms with E-state index in [1.165, 1.54) is 4.90 Å². The summed E-state index contributed by atoms with van der Waals surface area (Å²) in [4.78, 5) is 51.6. The van der Waals surface area contributed by atoms with Crippen LogP contribution in [0.2, 0.25) is 0 Å². The van der Waals surface area contributed by atoms with Crippen LogP contribution in [-0.2, 0) is 9.59 Å². The molecule has 1 aliphatic carbocycles. The summed E-state index contributed by atoms with van der Waals surface area (Å²) in [6.45, 7) is 7.96. The highest BCUT2D eigenvalue weighted by Gasteiger charge is 2.81. The minimum Gasteiger partial charge on any atom is -0.333 e. The molecule has 0 aromatic heterocycles. The highest BCUT2D eigenvalue weighted by Crippen LogP contribution is 2.64. The van der Waals surface area contributed by atoms with Crippen molar-refractivity contribution in [2.75, 3.05) is 7.05 Å². The molecule has 0 aromatic rings. The number of nitrogens with one attached hydrogen (secondary N) is 3. The van der Waals surface area contributed by atoms with E-state index < -0.39 is 46.8 Å². The van der Waals surface area contributed by atoms with Gasteiger partial charge in [-0.2, -0.15) is 0 Å². The second-order valence-electron chi connectivity index (χ2n) is 8.41. The zero-order valence-electron chi connectivity index (χ0n) is 15.3. The molecule has 8 nitrogen and oxygen atoms in total. The van der Waals surface area contributed by atoms with Crippen molar-refractivity contribution in [1.82, 2.24) is 20.9 Å².